The Labute approximate surface area is 79.2 Å². The number of halogens is 1. The van der Waals surface area contributed by atoms with Crippen LogP contribution in [0.4, 0.5) is 4.39 Å². The number of hydrogen-bond donors (Lipinski definition) is 0. The number of hydrogen-bond acceptors (Lipinski definition) is 0. The van der Waals surface area contributed by atoms with Crippen LogP contribution in [0.3, 0.4) is 0 Å². The lowest BCUT2D eigenvalue weighted by Crippen LogP contribution is -1.90. The minimum absolute atomic E-state index is 0.118. The first-order valence-corrected chi connectivity index (χ1v) is 4.59. The van der Waals surface area contributed by atoms with Crippen molar-refractivity contribution >= 4 is 0 Å². The van der Waals surface area contributed by atoms with Crippen LogP contribution >= 0.6 is 0 Å². The van der Waals surface area contributed by atoms with Crippen LogP contribution in [-0.4, -0.2) is 0 Å². The van der Waals surface area contributed by atoms with E-state index in [9.17, 15) is 4.39 Å². The molecule has 0 bridgehead atoms. The predicted octanol–water partition coefficient (Wildman–Crippen LogP) is 3.93. The molecule has 1 heteroatoms. The van der Waals surface area contributed by atoms with Crippen LogP contribution in [0.25, 0.3) is 0 Å². The molecule has 0 unspecified atom stereocenters. The standard InChI is InChI=1S/C12H15F/c1-9(2)7-11-6-4-5-10(3)8-12(11)13/h5-6,8-9H,7H2,1-3H3. The Morgan fingerprint density at radius 1 is 1.38 bits per heavy atom. The average Bonchev–Trinajstić information content (AvgIpc) is 2.13. The topological polar surface area (TPSA) is 0 Å². The van der Waals surface area contributed by atoms with Gasteiger partial charge in [0.2, 0.25) is 0 Å². The van der Waals surface area contributed by atoms with Crippen molar-refractivity contribution in [3.63, 3.8) is 0 Å². The molecule has 0 aromatic carbocycles. The van der Waals surface area contributed by atoms with E-state index in [4.69, 9.17) is 0 Å². The minimum Gasteiger partial charge on any atom is -0.207 e. The van der Waals surface area contributed by atoms with Gasteiger partial charge in [0.1, 0.15) is 5.83 Å². The van der Waals surface area contributed by atoms with Gasteiger partial charge in [0, 0.05) is 0 Å². The lowest BCUT2D eigenvalue weighted by Gasteiger charge is -2.04. The molecule has 0 saturated heterocycles. The molecule has 13 heavy (non-hydrogen) atoms. The van der Waals surface area contributed by atoms with E-state index in [0.717, 1.165) is 17.6 Å². The van der Waals surface area contributed by atoms with Gasteiger partial charge in [-0.15, -0.1) is 5.73 Å². The van der Waals surface area contributed by atoms with Crippen LogP contribution in [0.1, 0.15) is 27.2 Å². The molecule has 1 aliphatic rings. The second kappa shape index (κ2) is 4.25. The summed E-state index contributed by atoms with van der Waals surface area (Å²) in [6.07, 6.45) is 5.87. The first kappa shape index (κ1) is 10.0. The quantitative estimate of drug-likeness (QED) is 0.562. The zero-order valence-electron chi connectivity index (χ0n) is 8.39. The lowest BCUT2D eigenvalue weighted by molar-refractivity contribution is 0.605. The summed E-state index contributed by atoms with van der Waals surface area (Å²) >= 11 is 0. The average molecular weight is 178 g/mol. The van der Waals surface area contributed by atoms with E-state index in [1.807, 2.05) is 6.92 Å². The molecule has 0 saturated carbocycles. The van der Waals surface area contributed by atoms with Gasteiger partial charge in [-0.05, 0) is 48.6 Å². The highest BCUT2D eigenvalue weighted by Gasteiger charge is 2.05. The van der Waals surface area contributed by atoms with Crippen molar-refractivity contribution in [3.05, 3.63) is 40.9 Å². The van der Waals surface area contributed by atoms with Gasteiger partial charge in [0.15, 0.2) is 0 Å². The number of rotatable bonds is 2. The molecule has 0 atom stereocenters. The van der Waals surface area contributed by atoms with Crippen molar-refractivity contribution in [1.82, 2.24) is 0 Å². The van der Waals surface area contributed by atoms with Gasteiger partial charge in [-0.1, -0.05) is 13.8 Å². The van der Waals surface area contributed by atoms with Crippen LogP contribution < -0.4 is 0 Å². The summed E-state index contributed by atoms with van der Waals surface area (Å²) in [6.45, 7) is 6.04. The summed E-state index contributed by atoms with van der Waals surface area (Å²) in [5, 5.41) is 0. The second-order valence-corrected chi connectivity index (χ2v) is 3.81. The van der Waals surface area contributed by atoms with Crippen LogP contribution in [0.15, 0.2) is 40.9 Å². The Hall–Kier alpha value is -1.07. The third kappa shape index (κ3) is 3.04. The third-order valence-corrected chi connectivity index (χ3v) is 1.86. The van der Waals surface area contributed by atoms with E-state index >= 15 is 0 Å². The molecule has 0 fully saturated rings. The summed E-state index contributed by atoms with van der Waals surface area (Å²) < 4.78 is 13.4. The maximum Gasteiger partial charge on any atom is 0.127 e. The van der Waals surface area contributed by atoms with Crippen LogP contribution in [0.2, 0.25) is 0 Å². The summed E-state index contributed by atoms with van der Waals surface area (Å²) in [5.41, 5.74) is 4.63. The van der Waals surface area contributed by atoms with Gasteiger partial charge in [0.05, 0.1) is 0 Å². The molecule has 1 aliphatic carbocycles. The molecule has 0 heterocycles. The lowest BCUT2D eigenvalue weighted by atomic mass is 10.0. The molecule has 0 aliphatic heterocycles. The zero-order chi connectivity index (χ0) is 9.84. The maximum atomic E-state index is 13.4. The Kier molecular flexibility index (Phi) is 3.27. The van der Waals surface area contributed by atoms with Gasteiger partial charge in [-0.3, -0.25) is 0 Å². The molecular formula is C12H15F. The van der Waals surface area contributed by atoms with Crippen LogP contribution in [0, 0.1) is 5.92 Å². The SMILES string of the molecule is CC1=CC(F)=C(CC(C)C)C=C=C1. The summed E-state index contributed by atoms with van der Waals surface area (Å²) in [4.78, 5) is 0. The van der Waals surface area contributed by atoms with Crippen molar-refractivity contribution in [2.45, 2.75) is 27.2 Å². The van der Waals surface area contributed by atoms with E-state index in [1.54, 1.807) is 18.2 Å². The minimum atomic E-state index is -0.118. The molecule has 0 spiro atoms. The molecule has 0 N–H and O–H groups in total. The van der Waals surface area contributed by atoms with E-state index < -0.39 is 0 Å². The van der Waals surface area contributed by atoms with Crippen molar-refractivity contribution in [2.75, 3.05) is 0 Å². The van der Waals surface area contributed by atoms with Crippen molar-refractivity contribution in [2.24, 2.45) is 5.92 Å². The molecule has 1 rings (SSSR count). The van der Waals surface area contributed by atoms with E-state index in [2.05, 4.69) is 19.6 Å². The highest BCUT2D eigenvalue weighted by Crippen LogP contribution is 2.21. The molecule has 0 aromatic heterocycles. The van der Waals surface area contributed by atoms with E-state index in [0.29, 0.717) is 5.92 Å². The first-order chi connectivity index (χ1) is 6.09. The summed E-state index contributed by atoms with van der Waals surface area (Å²) in [5.74, 6) is 0.359. The second-order valence-electron chi connectivity index (χ2n) is 3.81. The molecule has 0 aromatic rings. The van der Waals surface area contributed by atoms with E-state index in [1.165, 1.54) is 0 Å². The molecule has 0 amide bonds. The smallest absolute Gasteiger partial charge is 0.127 e. The predicted molar refractivity (Wildman–Crippen MR) is 54.0 cm³/mol. The zero-order valence-corrected chi connectivity index (χ0v) is 8.39. The van der Waals surface area contributed by atoms with Gasteiger partial charge in [-0.25, -0.2) is 4.39 Å². The fourth-order valence-electron chi connectivity index (χ4n) is 1.27. The highest BCUT2D eigenvalue weighted by atomic mass is 19.1. The summed E-state index contributed by atoms with van der Waals surface area (Å²) in [7, 11) is 0. The Balaban J connectivity index is 2.94. The number of allylic oxidation sites excluding steroid dienone is 5. The van der Waals surface area contributed by atoms with Gasteiger partial charge in [0.25, 0.3) is 0 Å². The largest absolute Gasteiger partial charge is 0.207 e. The summed E-state index contributed by atoms with van der Waals surface area (Å²) in [6, 6.07) is 0. The van der Waals surface area contributed by atoms with Gasteiger partial charge >= 0.3 is 0 Å². The highest BCUT2D eigenvalue weighted by molar-refractivity contribution is 5.37. The van der Waals surface area contributed by atoms with Gasteiger partial charge < -0.3 is 0 Å². The molecule has 0 radical (unpaired) electrons. The maximum absolute atomic E-state index is 13.4. The van der Waals surface area contributed by atoms with Crippen molar-refractivity contribution in [1.29, 1.82) is 0 Å². The fourth-order valence-corrected chi connectivity index (χ4v) is 1.27. The third-order valence-electron chi connectivity index (χ3n) is 1.86. The Morgan fingerprint density at radius 3 is 2.69 bits per heavy atom. The fraction of sp³-hybridized carbons (Fsp3) is 0.417. The molecule has 70 valence electrons. The van der Waals surface area contributed by atoms with Crippen molar-refractivity contribution < 1.29 is 4.39 Å². The Morgan fingerprint density at radius 2 is 2.08 bits per heavy atom. The Bertz CT molecular complexity index is 310. The van der Waals surface area contributed by atoms with E-state index in [-0.39, 0.29) is 5.83 Å². The monoisotopic (exact) mass is 178 g/mol. The van der Waals surface area contributed by atoms with Crippen molar-refractivity contribution in [3.8, 4) is 0 Å². The van der Waals surface area contributed by atoms with Crippen LogP contribution in [-0.2, 0) is 0 Å². The molecular weight excluding hydrogens is 163 g/mol. The van der Waals surface area contributed by atoms with Crippen LogP contribution in [0.5, 0.6) is 0 Å². The van der Waals surface area contributed by atoms with Gasteiger partial charge in [-0.2, -0.15) is 0 Å². The normalized spacial score (nSPS) is 16.5. The first-order valence-electron chi connectivity index (χ1n) is 4.59. The molecule has 0 nitrogen and oxygen atoms in total.